The minimum Gasteiger partial charge on any atom is -0.394 e. The third kappa shape index (κ3) is 30.0. The molecule has 7 unspecified atom stereocenters. The van der Waals surface area contributed by atoms with Crippen molar-refractivity contribution in [1.82, 2.24) is 5.32 Å². The fourth-order valence-corrected chi connectivity index (χ4v) is 8.10. The lowest BCUT2D eigenvalue weighted by Crippen LogP contribution is -2.60. The monoisotopic (exact) mass is 826 g/mol. The van der Waals surface area contributed by atoms with Crippen molar-refractivity contribution < 1.29 is 39.8 Å². The maximum Gasteiger partial charge on any atom is 0.220 e. The number of aliphatic hydroxyl groups is 5. The van der Waals surface area contributed by atoms with Crippen molar-refractivity contribution in [2.45, 2.75) is 281 Å². The highest BCUT2D eigenvalue weighted by Gasteiger charge is 2.44. The van der Waals surface area contributed by atoms with Crippen LogP contribution in [0.4, 0.5) is 0 Å². The Morgan fingerprint density at radius 3 is 1.34 bits per heavy atom. The number of nitrogens with one attached hydrogen (secondary N) is 1. The first-order valence-electron chi connectivity index (χ1n) is 24.9. The standard InChI is InChI=1S/C49H95NO8/c1-3-5-7-9-11-13-15-17-19-21-22-23-25-27-29-31-33-35-37-39-45(53)50-42(41-57-49-48(56)47(55)46(54)44(40-51)58-49)43(52)38-36-34-32-30-28-26-24-20-18-16-14-12-10-8-6-4-2/h36,38,42-44,46-49,51-52,54-56H,3-35,37,39-41H2,1-2H3,(H,50,53)/b38-36+. The first kappa shape index (κ1) is 54.9. The van der Waals surface area contributed by atoms with Crippen LogP contribution in [0.15, 0.2) is 12.2 Å². The van der Waals surface area contributed by atoms with Gasteiger partial charge in [-0.1, -0.05) is 225 Å². The lowest BCUT2D eigenvalue weighted by molar-refractivity contribution is -0.302. The van der Waals surface area contributed by atoms with Crippen molar-refractivity contribution in [2.75, 3.05) is 13.2 Å². The van der Waals surface area contributed by atoms with E-state index in [1.54, 1.807) is 6.08 Å². The number of hydrogen-bond acceptors (Lipinski definition) is 8. The second-order valence-corrected chi connectivity index (χ2v) is 17.6. The topological polar surface area (TPSA) is 149 Å². The Balaban J connectivity index is 2.30. The average molecular weight is 826 g/mol. The summed E-state index contributed by atoms with van der Waals surface area (Å²) in [6, 6.07) is -0.798. The Bertz CT molecular complexity index is 919. The summed E-state index contributed by atoms with van der Waals surface area (Å²) in [4.78, 5) is 13.0. The fourth-order valence-electron chi connectivity index (χ4n) is 8.10. The highest BCUT2D eigenvalue weighted by Crippen LogP contribution is 2.23. The quantitative estimate of drug-likeness (QED) is 0.0263. The predicted octanol–water partition coefficient (Wildman–Crippen LogP) is 10.9. The molecule has 0 aromatic rings. The Kier molecular flexibility index (Phi) is 37.9. The van der Waals surface area contributed by atoms with Gasteiger partial charge in [-0.2, -0.15) is 0 Å². The van der Waals surface area contributed by atoms with Gasteiger partial charge in [0, 0.05) is 6.42 Å². The molecule has 1 rings (SSSR count). The first-order valence-corrected chi connectivity index (χ1v) is 24.9. The average Bonchev–Trinajstić information content (AvgIpc) is 3.22. The molecule has 0 aromatic carbocycles. The second kappa shape index (κ2) is 40.0. The van der Waals surface area contributed by atoms with Gasteiger partial charge in [-0.3, -0.25) is 4.79 Å². The van der Waals surface area contributed by atoms with Crippen LogP contribution in [0.2, 0.25) is 0 Å². The van der Waals surface area contributed by atoms with Crippen LogP contribution in [-0.2, 0) is 14.3 Å². The Morgan fingerprint density at radius 2 is 0.948 bits per heavy atom. The first-order chi connectivity index (χ1) is 28.3. The summed E-state index contributed by atoms with van der Waals surface area (Å²) in [6.45, 7) is 3.80. The molecule has 6 N–H and O–H groups in total. The lowest BCUT2D eigenvalue weighted by Gasteiger charge is -2.40. The van der Waals surface area contributed by atoms with E-state index in [0.29, 0.717) is 6.42 Å². The molecule has 1 saturated heterocycles. The van der Waals surface area contributed by atoms with E-state index in [2.05, 4.69) is 19.2 Å². The van der Waals surface area contributed by atoms with Crippen LogP contribution < -0.4 is 5.32 Å². The zero-order chi connectivity index (χ0) is 42.3. The molecule has 0 spiro atoms. The Hall–Kier alpha value is -1.07. The van der Waals surface area contributed by atoms with Gasteiger partial charge < -0.3 is 40.3 Å². The lowest BCUT2D eigenvalue weighted by atomic mass is 9.99. The van der Waals surface area contributed by atoms with Gasteiger partial charge in [0.15, 0.2) is 6.29 Å². The number of aliphatic hydroxyl groups excluding tert-OH is 5. The summed E-state index contributed by atoms with van der Waals surface area (Å²) in [5, 5.41) is 54.3. The number of unbranched alkanes of at least 4 members (excludes halogenated alkanes) is 32. The maximum absolute atomic E-state index is 13.0. The molecule has 9 heteroatoms. The van der Waals surface area contributed by atoms with E-state index in [0.717, 1.165) is 38.5 Å². The number of amides is 1. The van der Waals surface area contributed by atoms with Crippen molar-refractivity contribution in [3.05, 3.63) is 12.2 Å². The number of carbonyl (C=O) groups is 1. The van der Waals surface area contributed by atoms with Crippen molar-refractivity contribution in [3.63, 3.8) is 0 Å². The van der Waals surface area contributed by atoms with E-state index >= 15 is 0 Å². The van der Waals surface area contributed by atoms with Crippen LogP contribution in [-0.4, -0.2) is 87.5 Å². The van der Waals surface area contributed by atoms with Crippen LogP contribution in [0.25, 0.3) is 0 Å². The number of allylic oxidation sites excluding steroid dienone is 1. The van der Waals surface area contributed by atoms with Gasteiger partial charge in [-0.15, -0.1) is 0 Å². The Morgan fingerprint density at radius 1 is 0.569 bits per heavy atom. The van der Waals surface area contributed by atoms with E-state index in [4.69, 9.17) is 9.47 Å². The summed E-state index contributed by atoms with van der Waals surface area (Å²) >= 11 is 0. The molecule has 58 heavy (non-hydrogen) atoms. The van der Waals surface area contributed by atoms with Crippen molar-refractivity contribution in [3.8, 4) is 0 Å². The zero-order valence-corrected chi connectivity index (χ0v) is 37.8. The second-order valence-electron chi connectivity index (χ2n) is 17.6. The van der Waals surface area contributed by atoms with E-state index < -0.39 is 49.5 Å². The summed E-state index contributed by atoms with van der Waals surface area (Å²) in [5.41, 5.74) is 0. The summed E-state index contributed by atoms with van der Waals surface area (Å²) in [5.74, 6) is -0.172. The number of hydrogen-bond donors (Lipinski definition) is 6. The molecule has 0 bridgehead atoms. The molecular formula is C49H95NO8. The van der Waals surface area contributed by atoms with Crippen molar-refractivity contribution in [2.24, 2.45) is 0 Å². The molecule has 9 nitrogen and oxygen atoms in total. The molecule has 1 aliphatic heterocycles. The van der Waals surface area contributed by atoms with Gasteiger partial charge in [0.2, 0.25) is 5.91 Å². The smallest absolute Gasteiger partial charge is 0.220 e. The van der Waals surface area contributed by atoms with Crippen LogP contribution in [0.3, 0.4) is 0 Å². The SMILES string of the molecule is CCCCCCCCCCCCCCCC/C=C/C(O)C(COC1OC(CO)C(O)C(O)C1O)NC(=O)CCCCCCCCCCCCCCCCCCCCC. The van der Waals surface area contributed by atoms with Crippen LogP contribution in [0.5, 0.6) is 0 Å². The largest absolute Gasteiger partial charge is 0.394 e. The zero-order valence-electron chi connectivity index (χ0n) is 37.8. The number of rotatable bonds is 42. The predicted molar refractivity (Wildman–Crippen MR) is 240 cm³/mol. The molecule has 0 saturated carbocycles. The van der Waals surface area contributed by atoms with Crippen molar-refractivity contribution in [1.29, 1.82) is 0 Å². The van der Waals surface area contributed by atoms with E-state index in [1.165, 1.54) is 180 Å². The van der Waals surface area contributed by atoms with E-state index in [9.17, 15) is 30.3 Å². The molecule has 344 valence electrons. The normalized spacial score (nSPS) is 20.8. The van der Waals surface area contributed by atoms with Gasteiger partial charge in [-0.25, -0.2) is 0 Å². The fraction of sp³-hybridized carbons (Fsp3) is 0.939. The number of carbonyl (C=O) groups excluding carboxylic acids is 1. The molecular weight excluding hydrogens is 731 g/mol. The third-order valence-corrected chi connectivity index (χ3v) is 12.1. The number of ether oxygens (including phenoxy) is 2. The molecule has 1 aliphatic rings. The van der Waals surface area contributed by atoms with Gasteiger partial charge in [0.25, 0.3) is 0 Å². The maximum atomic E-state index is 13.0. The highest BCUT2D eigenvalue weighted by atomic mass is 16.7. The third-order valence-electron chi connectivity index (χ3n) is 12.1. The van der Waals surface area contributed by atoms with Crippen LogP contribution in [0.1, 0.15) is 239 Å². The molecule has 7 atom stereocenters. The van der Waals surface area contributed by atoms with Crippen LogP contribution in [0, 0.1) is 0 Å². The van der Waals surface area contributed by atoms with Gasteiger partial charge in [-0.05, 0) is 19.3 Å². The van der Waals surface area contributed by atoms with Crippen LogP contribution >= 0.6 is 0 Å². The summed E-state index contributed by atoms with van der Waals surface area (Å²) in [6.07, 6.45) is 39.7. The molecule has 0 aliphatic carbocycles. The van der Waals surface area contributed by atoms with Gasteiger partial charge in [0.1, 0.15) is 24.4 Å². The molecule has 1 amide bonds. The summed E-state index contributed by atoms with van der Waals surface area (Å²) in [7, 11) is 0. The van der Waals surface area contributed by atoms with E-state index in [-0.39, 0.29) is 12.5 Å². The minimum atomic E-state index is -1.56. The molecule has 1 fully saturated rings. The molecule has 0 radical (unpaired) electrons. The Labute approximate surface area is 356 Å². The van der Waals surface area contributed by atoms with Gasteiger partial charge >= 0.3 is 0 Å². The minimum absolute atomic E-state index is 0.172. The highest BCUT2D eigenvalue weighted by molar-refractivity contribution is 5.76. The van der Waals surface area contributed by atoms with E-state index in [1.807, 2.05) is 6.08 Å². The van der Waals surface area contributed by atoms with Crippen molar-refractivity contribution >= 4 is 5.91 Å². The van der Waals surface area contributed by atoms with Gasteiger partial charge in [0.05, 0.1) is 25.4 Å². The molecule has 1 heterocycles. The summed E-state index contributed by atoms with van der Waals surface area (Å²) < 4.78 is 11.2. The molecule has 0 aromatic heterocycles.